The molecule has 1 saturated heterocycles. The van der Waals surface area contributed by atoms with E-state index >= 15 is 0 Å². The quantitative estimate of drug-likeness (QED) is 0.885. The molecule has 0 unspecified atom stereocenters. The number of nitrogens with one attached hydrogen (secondary N) is 2. The summed E-state index contributed by atoms with van der Waals surface area (Å²) in [5, 5.41) is 6.58. The van der Waals surface area contributed by atoms with Crippen LogP contribution in [0.2, 0.25) is 0 Å². The first-order chi connectivity index (χ1) is 9.81. The number of hydrogen-bond acceptors (Lipinski definition) is 6. The van der Waals surface area contributed by atoms with Crippen molar-refractivity contribution in [2.75, 3.05) is 18.4 Å². The molecule has 104 valence electrons. The molecule has 20 heavy (non-hydrogen) atoms. The van der Waals surface area contributed by atoms with E-state index in [1.54, 1.807) is 18.6 Å². The van der Waals surface area contributed by atoms with E-state index in [9.17, 15) is 0 Å². The molecule has 0 amide bonds. The van der Waals surface area contributed by atoms with Crippen LogP contribution in [-0.4, -0.2) is 33.0 Å². The topological polar surface area (TPSA) is 75.6 Å². The standard InChI is InChI=1S/C14H18N6/c1-10-7-12(19-13-9-16-5-6-17-13)20-14(18-10)11-3-2-4-15-8-11/h5-7,9,11,15H,2-4,8H2,1H3,(H,17,18,19,20)/t11-/m0/s1. The smallest absolute Gasteiger partial charge is 0.150 e. The molecule has 1 aliphatic heterocycles. The van der Waals surface area contributed by atoms with Gasteiger partial charge in [0.1, 0.15) is 17.5 Å². The SMILES string of the molecule is Cc1cc(Nc2cnccn2)nc([C@H]2CCCNC2)n1. The molecular weight excluding hydrogens is 252 g/mol. The average Bonchev–Trinajstić information content (AvgIpc) is 2.49. The third kappa shape index (κ3) is 3.08. The minimum absolute atomic E-state index is 0.394. The molecule has 0 saturated carbocycles. The molecular formula is C14H18N6. The lowest BCUT2D eigenvalue weighted by Gasteiger charge is -2.22. The third-order valence-electron chi connectivity index (χ3n) is 3.35. The Labute approximate surface area is 118 Å². The van der Waals surface area contributed by atoms with E-state index in [1.807, 2.05) is 13.0 Å². The van der Waals surface area contributed by atoms with Crippen LogP contribution in [-0.2, 0) is 0 Å². The van der Waals surface area contributed by atoms with Gasteiger partial charge in [0.2, 0.25) is 0 Å². The van der Waals surface area contributed by atoms with E-state index in [4.69, 9.17) is 0 Å². The second-order valence-corrected chi connectivity index (χ2v) is 5.01. The van der Waals surface area contributed by atoms with Gasteiger partial charge in [-0.15, -0.1) is 0 Å². The Balaban J connectivity index is 1.82. The number of piperidine rings is 1. The molecule has 1 aliphatic rings. The lowest BCUT2D eigenvalue weighted by Crippen LogP contribution is -2.29. The fourth-order valence-electron chi connectivity index (χ4n) is 2.41. The van der Waals surface area contributed by atoms with Gasteiger partial charge in [0.05, 0.1) is 6.20 Å². The highest BCUT2D eigenvalue weighted by Gasteiger charge is 2.18. The molecule has 6 heteroatoms. The summed E-state index contributed by atoms with van der Waals surface area (Å²) >= 11 is 0. The Bertz CT molecular complexity index is 565. The van der Waals surface area contributed by atoms with Crippen LogP contribution in [0, 0.1) is 6.92 Å². The summed E-state index contributed by atoms with van der Waals surface area (Å²) in [7, 11) is 0. The molecule has 0 aromatic carbocycles. The molecule has 3 rings (SSSR count). The van der Waals surface area contributed by atoms with Crippen molar-refractivity contribution in [1.82, 2.24) is 25.3 Å². The maximum atomic E-state index is 4.62. The van der Waals surface area contributed by atoms with Gasteiger partial charge < -0.3 is 10.6 Å². The molecule has 3 heterocycles. The molecule has 0 bridgehead atoms. The van der Waals surface area contributed by atoms with Gasteiger partial charge in [-0.1, -0.05) is 0 Å². The summed E-state index contributed by atoms with van der Waals surface area (Å²) in [5.41, 5.74) is 0.965. The summed E-state index contributed by atoms with van der Waals surface area (Å²) in [6, 6.07) is 1.93. The first-order valence-corrected chi connectivity index (χ1v) is 6.90. The van der Waals surface area contributed by atoms with Crippen molar-refractivity contribution in [3.8, 4) is 0 Å². The van der Waals surface area contributed by atoms with Gasteiger partial charge in [-0.2, -0.15) is 0 Å². The van der Waals surface area contributed by atoms with Gasteiger partial charge >= 0.3 is 0 Å². The minimum Gasteiger partial charge on any atom is -0.324 e. The van der Waals surface area contributed by atoms with Crippen LogP contribution in [0.1, 0.15) is 30.3 Å². The molecule has 1 atom stereocenters. The van der Waals surface area contributed by atoms with Crippen molar-refractivity contribution < 1.29 is 0 Å². The molecule has 1 fully saturated rings. The van der Waals surface area contributed by atoms with Crippen molar-refractivity contribution in [3.05, 3.63) is 36.2 Å². The molecule has 0 aliphatic carbocycles. The third-order valence-corrected chi connectivity index (χ3v) is 3.35. The van der Waals surface area contributed by atoms with Gasteiger partial charge in [-0.05, 0) is 26.3 Å². The molecule has 2 aromatic heterocycles. The molecule has 2 N–H and O–H groups in total. The van der Waals surface area contributed by atoms with Crippen LogP contribution in [0.15, 0.2) is 24.7 Å². The van der Waals surface area contributed by atoms with E-state index < -0.39 is 0 Å². The predicted octanol–water partition coefficient (Wildman–Crippen LogP) is 1.79. The van der Waals surface area contributed by atoms with Gasteiger partial charge in [-0.25, -0.2) is 15.0 Å². The van der Waals surface area contributed by atoms with Crippen LogP contribution in [0.25, 0.3) is 0 Å². The summed E-state index contributed by atoms with van der Waals surface area (Å²) in [6.45, 7) is 4.03. The first-order valence-electron chi connectivity index (χ1n) is 6.90. The highest BCUT2D eigenvalue weighted by Crippen LogP contribution is 2.22. The number of nitrogens with zero attached hydrogens (tertiary/aromatic N) is 4. The maximum Gasteiger partial charge on any atom is 0.150 e. The Morgan fingerprint density at radius 1 is 1.25 bits per heavy atom. The zero-order chi connectivity index (χ0) is 13.8. The van der Waals surface area contributed by atoms with Crippen LogP contribution < -0.4 is 10.6 Å². The Hall–Kier alpha value is -2.08. The average molecular weight is 270 g/mol. The van der Waals surface area contributed by atoms with Crippen LogP contribution >= 0.6 is 0 Å². The van der Waals surface area contributed by atoms with Gasteiger partial charge in [0.25, 0.3) is 0 Å². The lowest BCUT2D eigenvalue weighted by atomic mass is 9.99. The van der Waals surface area contributed by atoms with Crippen molar-refractivity contribution in [3.63, 3.8) is 0 Å². The molecule has 6 nitrogen and oxygen atoms in total. The van der Waals surface area contributed by atoms with Crippen LogP contribution in [0.5, 0.6) is 0 Å². The van der Waals surface area contributed by atoms with E-state index in [2.05, 4.69) is 30.6 Å². The van der Waals surface area contributed by atoms with Crippen molar-refractivity contribution in [2.45, 2.75) is 25.7 Å². The largest absolute Gasteiger partial charge is 0.324 e. The molecule has 0 spiro atoms. The first kappa shape index (κ1) is 12.9. The van der Waals surface area contributed by atoms with E-state index in [-0.39, 0.29) is 0 Å². The van der Waals surface area contributed by atoms with Gasteiger partial charge in [0, 0.05) is 36.6 Å². The van der Waals surface area contributed by atoms with Crippen molar-refractivity contribution in [2.24, 2.45) is 0 Å². The predicted molar refractivity (Wildman–Crippen MR) is 76.9 cm³/mol. The fourth-order valence-corrected chi connectivity index (χ4v) is 2.41. The van der Waals surface area contributed by atoms with Crippen molar-refractivity contribution >= 4 is 11.6 Å². The Morgan fingerprint density at radius 3 is 2.95 bits per heavy atom. The summed E-state index contributed by atoms with van der Waals surface area (Å²) < 4.78 is 0. The van der Waals surface area contributed by atoms with Crippen molar-refractivity contribution in [1.29, 1.82) is 0 Å². The number of aryl methyl sites for hydroxylation is 1. The van der Waals surface area contributed by atoms with Crippen LogP contribution in [0.4, 0.5) is 11.6 Å². The number of aromatic nitrogens is 4. The second kappa shape index (κ2) is 5.92. The highest BCUT2D eigenvalue weighted by molar-refractivity contribution is 5.50. The highest BCUT2D eigenvalue weighted by atomic mass is 15.1. The molecule has 2 aromatic rings. The number of anilines is 2. The summed E-state index contributed by atoms with van der Waals surface area (Å²) in [5.74, 6) is 2.77. The Morgan fingerprint density at radius 2 is 2.20 bits per heavy atom. The summed E-state index contributed by atoms with van der Waals surface area (Å²) in [6.07, 6.45) is 7.30. The van der Waals surface area contributed by atoms with Crippen LogP contribution in [0.3, 0.4) is 0 Å². The van der Waals surface area contributed by atoms with E-state index in [1.165, 1.54) is 6.42 Å². The Kier molecular flexibility index (Phi) is 3.83. The zero-order valence-corrected chi connectivity index (χ0v) is 11.5. The summed E-state index contributed by atoms with van der Waals surface area (Å²) in [4.78, 5) is 17.4. The van der Waals surface area contributed by atoms with E-state index in [0.29, 0.717) is 11.7 Å². The molecule has 0 radical (unpaired) electrons. The zero-order valence-electron chi connectivity index (χ0n) is 11.5. The second-order valence-electron chi connectivity index (χ2n) is 5.01. The number of rotatable bonds is 3. The monoisotopic (exact) mass is 270 g/mol. The van der Waals surface area contributed by atoms with E-state index in [0.717, 1.165) is 36.8 Å². The van der Waals surface area contributed by atoms with Gasteiger partial charge in [-0.3, -0.25) is 4.98 Å². The maximum absolute atomic E-state index is 4.62. The minimum atomic E-state index is 0.394. The normalized spacial score (nSPS) is 18.8. The fraction of sp³-hybridized carbons (Fsp3) is 0.429. The van der Waals surface area contributed by atoms with Gasteiger partial charge in [0.15, 0.2) is 0 Å². The lowest BCUT2D eigenvalue weighted by molar-refractivity contribution is 0.446. The number of hydrogen-bond donors (Lipinski definition) is 2.